The Kier molecular flexibility index (Phi) is 4.25. The minimum atomic E-state index is -0.354. The Bertz CT molecular complexity index is 1120. The third-order valence-corrected chi connectivity index (χ3v) is 6.21. The van der Waals surface area contributed by atoms with Crippen LogP contribution in [0.5, 0.6) is 0 Å². The van der Waals surface area contributed by atoms with Gasteiger partial charge in [0.1, 0.15) is 0 Å². The molecular formula is C19H28N6O2. The second-order valence-corrected chi connectivity index (χ2v) is 7.95. The lowest BCUT2D eigenvalue weighted by Crippen LogP contribution is -2.45. The minimum Gasteiger partial charge on any atom is -0.313 e. The van der Waals surface area contributed by atoms with Crippen LogP contribution in [0.15, 0.2) is 15.8 Å². The zero-order valence-corrected chi connectivity index (χ0v) is 16.8. The van der Waals surface area contributed by atoms with Gasteiger partial charge >= 0.3 is 5.69 Å². The summed E-state index contributed by atoms with van der Waals surface area (Å²) in [6.45, 7) is 8.41. The van der Waals surface area contributed by atoms with Crippen LogP contribution in [0, 0.1) is 6.92 Å². The highest BCUT2D eigenvalue weighted by Gasteiger charge is 2.25. The van der Waals surface area contributed by atoms with Crippen LogP contribution in [-0.4, -0.2) is 46.6 Å². The van der Waals surface area contributed by atoms with E-state index in [1.165, 1.54) is 30.9 Å². The van der Waals surface area contributed by atoms with Gasteiger partial charge in [-0.15, -0.1) is 0 Å². The van der Waals surface area contributed by atoms with Crippen LogP contribution >= 0.6 is 0 Å². The molecule has 3 aromatic heterocycles. The standard InChI is InChI=1S/C19H28N6O2/c1-12-7-6-8-13(2)23(12)9-10-24-14(3)11-25-15-16(20-18(24)25)21(4)19(27)22(5)17(15)26/h11-13H,6-10H2,1-5H3. The van der Waals surface area contributed by atoms with Crippen LogP contribution in [0.3, 0.4) is 0 Å². The molecule has 1 fully saturated rings. The first-order valence-corrected chi connectivity index (χ1v) is 9.71. The Labute approximate surface area is 157 Å². The van der Waals surface area contributed by atoms with Crippen molar-refractivity contribution in [1.82, 2.24) is 28.0 Å². The molecule has 0 amide bonds. The fraction of sp³-hybridized carbons (Fsp3) is 0.632. The summed E-state index contributed by atoms with van der Waals surface area (Å²) in [7, 11) is 3.16. The number of nitrogens with zero attached hydrogens (tertiary/aromatic N) is 6. The molecule has 4 rings (SSSR count). The van der Waals surface area contributed by atoms with Crippen molar-refractivity contribution in [3.05, 3.63) is 32.7 Å². The van der Waals surface area contributed by atoms with Gasteiger partial charge in [0.2, 0.25) is 5.78 Å². The van der Waals surface area contributed by atoms with Gasteiger partial charge in [-0.05, 0) is 33.6 Å². The smallest absolute Gasteiger partial charge is 0.313 e. The van der Waals surface area contributed by atoms with E-state index < -0.39 is 0 Å². The van der Waals surface area contributed by atoms with Gasteiger partial charge in [-0.2, -0.15) is 4.98 Å². The molecule has 2 unspecified atom stereocenters. The van der Waals surface area contributed by atoms with Crippen molar-refractivity contribution in [2.45, 2.75) is 58.7 Å². The van der Waals surface area contributed by atoms with Crippen LogP contribution in [0.25, 0.3) is 16.9 Å². The van der Waals surface area contributed by atoms with E-state index in [2.05, 4.69) is 28.3 Å². The van der Waals surface area contributed by atoms with Crippen LogP contribution in [0.2, 0.25) is 0 Å². The fourth-order valence-electron chi connectivity index (χ4n) is 4.54. The molecule has 1 aliphatic rings. The van der Waals surface area contributed by atoms with Gasteiger partial charge in [-0.25, -0.2) is 4.79 Å². The molecule has 0 bridgehead atoms. The molecule has 0 radical (unpaired) electrons. The number of aryl methyl sites for hydroxylation is 2. The van der Waals surface area contributed by atoms with Crippen molar-refractivity contribution in [2.75, 3.05) is 6.54 Å². The summed E-state index contributed by atoms with van der Waals surface area (Å²) in [5, 5.41) is 0. The van der Waals surface area contributed by atoms with Gasteiger partial charge in [0.05, 0.1) is 0 Å². The Morgan fingerprint density at radius 3 is 2.41 bits per heavy atom. The molecule has 2 atom stereocenters. The van der Waals surface area contributed by atoms with Crippen molar-refractivity contribution in [3.63, 3.8) is 0 Å². The molecule has 0 N–H and O–H groups in total. The average molecular weight is 372 g/mol. The first kappa shape index (κ1) is 18.0. The first-order chi connectivity index (χ1) is 12.8. The van der Waals surface area contributed by atoms with Gasteiger partial charge in [0.25, 0.3) is 5.56 Å². The Hall–Kier alpha value is -2.35. The van der Waals surface area contributed by atoms with Crippen molar-refractivity contribution in [1.29, 1.82) is 0 Å². The van der Waals surface area contributed by atoms with E-state index in [1.54, 1.807) is 7.05 Å². The summed E-state index contributed by atoms with van der Waals surface area (Å²) in [6, 6.07) is 1.18. The molecule has 0 spiro atoms. The maximum Gasteiger partial charge on any atom is 0.332 e. The van der Waals surface area contributed by atoms with Crippen LogP contribution in [-0.2, 0) is 20.6 Å². The van der Waals surface area contributed by atoms with Gasteiger partial charge in [-0.3, -0.25) is 23.2 Å². The number of aromatic nitrogens is 5. The molecular weight excluding hydrogens is 344 g/mol. The summed E-state index contributed by atoms with van der Waals surface area (Å²) in [5.41, 5.74) is 1.29. The van der Waals surface area contributed by atoms with Gasteiger partial charge in [0.15, 0.2) is 11.2 Å². The lowest BCUT2D eigenvalue weighted by molar-refractivity contribution is 0.0993. The summed E-state index contributed by atoms with van der Waals surface area (Å²) < 4.78 is 6.56. The number of likely N-dealkylation sites (tertiary alicyclic amines) is 1. The molecule has 1 aliphatic heterocycles. The minimum absolute atomic E-state index is 0.309. The Balaban J connectivity index is 1.79. The van der Waals surface area contributed by atoms with Crippen molar-refractivity contribution in [3.8, 4) is 0 Å². The topological polar surface area (TPSA) is 69.5 Å². The first-order valence-electron chi connectivity index (χ1n) is 9.71. The molecule has 1 saturated heterocycles. The lowest BCUT2D eigenvalue weighted by Gasteiger charge is -2.39. The van der Waals surface area contributed by atoms with Crippen molar-refractivity contribution < 1.29 is 0 Å². The monoisotopic (exact) mass is 372 g/mol. The van der Waals surface area contributed by atoms with E-state index in [4.69, 9.17) is 0 Å². The van der Waals surface area contributed by atoms with Gasteiger partial charge in [0, 0.05) is 51.2 Å². The highest BCUT2D eigenvalue weighted by molar-refractivity contribution is 5.75. The second kappa shape index (κ2) is 6.37. The highest BCUT2D eigenvalue weighted by Crippen LogP contribution is 2.23. The average Bonchev–Trinajstić information content (AvgIpc) is 3.13. The van der Waals surface area contributed by atoms with Crippen molar-refractivity contribution in [2.24, 2.45) is 14.1 Å². The van der Waals surface area contributed by atoms with E-state index in [9.17, 15) is 9.59 Å². The zero-order chi connectivity index (χ0) is 19.5. The number of hydrogen-bond donors (Lipinski definition) is 0. The van der Waals surface area contributed by atoms with Crippen LogP contribution in [0.4, 0.5) is 0 Å². The van der Waals surface area contributed by atoms with E-state index >= 15 is 0 Å². The second-order valence-electron chi connectivity index (χ2n) is 7.95. The summed E-state index contributed by atoms with van der Waals surface area (Å²) in [6.07, 6.45) is 5.74. The molecule has 3 aromatic rings. The fourth-order valence-corrected chi connectivity index (χ4v) is 4.54. The molecule has 4 heterocycles. The number of rotatable bonds is 3. The predicted octanol–water partition coefficient (Wildman–Crippen LogP) is 1.26. The van der Waals surface area contributed by atoms with Gasteiger partial charge in [-0.1, -0.05) is 6.42 Å². The number of hydrogen-bond acceptors (Lipinski definition) is 4. The van der Waals surface area contributed by atoms with E-state index in [0.717, 1.165) is 29.1 Å². The van der Waals surface area contributed by atoms with E-state index in [1.807, 2.05) is 17.5 Å². The number of fused-ring (bicyclic) bond motifs is 3. The molecule has 8 heteroatoms. The predicted molar refractivity (Wildman–Crippen MR) is 105 cm³/mol. The zero-order valence-electron chi connectivity index (χ0n) is 16.8. The summed E-state index contributed by atoms with van der Waals surface area (Å²) >= 11 is 0. The number of piperidine rings is 1. The normalized spacial score (nSPS) is 21.5. The molecule has 0 aliphatic carbocycles. The lowest BCUT2D eigenvalue weighted by atomic mass is 9.98. The third-order valence-electron chi connectivity index (χ3n) is 6.21. The molecule has 0 saturated carbocycles. The molecule has 146 valence electrons. The SMILES string of the molecule is Cc1cn2c3c(=O)n(C)c(=O)n(C)c3nc2n1CCN1C(C)CCCC1C. The Morgan fingerprint density at radius 1 is 1.07 bits per heavy atom. The molecule has 8 nitrogen and oxygen atoms in total. The maximum atomic E-state index is 12.7. The van der Waals surface area contributed by atoms with Gasteiger partial charge < -0.3 is 4.57 Å². The van der Waals surface area contributed by atoms with E-state index in [-0.39, 0.29) is 11.2 Å². The van der Waals surface area contributed by atoms with E-state index in [0.29, 0.717) is 23.2 Å². The summed E-state index contributed by atoms with van der Waals surface area (Å²) in [5.74, 6) is 0.720. The molecule has 0 aromatic carbocycles. The quantitative estimate of drug-likeness (QED) is 0.694. The van der Waals surface area contributed by atoms with Crippen molar-refractivity contribution >= 4 is 16.9 Å². The Morgan fingerprint density at radius 2 is 1.74 bits per heavy atom. The maximum absolute atomic E-state index is 12.7. The highest BCUT2D eigenvalue weighted by atomic mass is 16.2. The van der Waals surface area contributed by atoms with Crippen LogP contribution in [0.1, 0.15) is 38.8 Å². The number of imidazole rings is 2. The molecule has 27 heavy (non-hydrogen) atoms. The third kappa shape index (κ3) is 2.65. The van der Waals surface area contributed by atoms with Crippen LogP contribution < -0.4 is 11.2 Å². The summed E-state index contributed by atoms with van der Waals surface area (Å²) in [4.78, 5) is 32.1. The largest absolute Gasteiger partial charge is 0.332 e.